The lowest BCUT2D eigenvalue weighted by atomic mass is 9.97. The summed E-state index contributed by atoms with van der Waals surface area (Å²) in [6.45, 7) is 6.22. The first-order valence-electron chi connectivity index (χ1n) is 18.0. The molecular weight excluding hydrogens is 828 g/mol. The smallest absolute Gasteiger partial charge is 0.404 e. The SMILES string of the molecule is CC(C)(CNC(=O)O)CS(=O)(=O)c1ccc(Oc2ccccc2)cc1.CC1(C)NC(=O)N(C[C@@H](CCS(=O)(=O)c2ccc(Oc3ccc(Cl)cc3)cc2)NC(=O)O)C1=O. The lowest BCUT2D eigenvalue weighted by Crippen LogP contribution is -2.47. The van der Waals surface area contributed by atoms with Crippen molar-refractivity contribution in [3.63, 3.8) is 0 Å². The molecular formula is C40H45ClN4O12S2. The van der Waals surface area contributed by atoms with E-state index in [0.717, 1.165) is 4.90 Å². The maximum Gasteiger partial charge on any atom is 0.404 e. The number of hydrogen-bond donors (Lipinski definition) is 5. The van der Waals surface area contributed by atoms with Gasteiger partial charge in [-0.2, -0.15) is 0 Å². The predicted molar refractivity (Wildman–Crippen MR) is 219 cm³/mol. The van der Waals surface area contributed by atoms with Crippen LogP contribution in [0.25, 0.3) is 0 Å². The number of carbonyl (C=O) groups is 4. The molecule has 59 heavy (non-hydrogen) atoms. The topological polar surface area (TPSA) is 235 Å². The highest BCUT2D eigenvalue weighted by molar-refractivity contribution is 7.91. The third-order valence-electron chi connectivity index (χ3n) is 8.60. The molecule has 1 atom stereocenters. The molecule has 16 nitrogen and oxygen atoms in total. The minimum Gasteiger partial charge on any atom is -0.465 e. The second-order valence-electron chi connectivity index (χ2n) is 14.7. The van der Waals surface area contributed by atoms with Gasteiger partial charge in [0.05, 0.1) is 33.9 Å². The number of imide groups is 1. The molecule has 0 unspecified atom stereocenters. The molecule has 4 aromatic rings. The molecule has 4 aromatic carbocycles. The Balaban J connectivity index is 0.000000273. The zero-order valence-corrected chi connectivity index (χ0v) is 34.9. The van der Waals surface area contributed by atoms with Crippen LogP contribution in [0, 0.1) is 5.41 Å². The summed E-state index contributed by atoms with van der Waals surface area (Å²) in [5, 5.41) is 25.3. The highest BCUT2D eigenvalue weighted by atomic mass is 35.5. The molecule has 1 fully saturated rings. The predicted octanol–water partition coefficient (Wildman–Crippen LogP) is 6.81. The van der Waals surface area contributed by atoms with Gasteiger partial charge in [-0.15, -0.1) is 0 Å². The van der Waals surface area contributed by atoms with Gasteiger partial charge in [0.15, 0.2) is 19.7 Å². The summed E-state index contributed by atoms with van der Waals surface area (Å²) in [5.74, 6) is 1.07. The van der Waals surface area contributed by atoms with Crippen molar-refractivity contribution in [2.24, 2.45) is 5.41 Å². The zero-order valence-electron chi connectivity index (χ0n) is 32.5. The van der Waals surface area contributed by atoms with E-state index >= 15 is 0 Å². The van der Waals surface area contributed by atoms with Crippen LogP contribution in [0.15, 0.2) is 113 Å². The average molecular weight is 873 g/mol. The van der Waals surface area contributed by atoms with Gasteiger partial charge < -0.3 is 35.6 Å². The monoisotopic (exact) mass is 872 g/mol. The summed E-state index contributed by atoms with van der Waals surface area (Å²) in [5.41, 5.74) is -1.84. The first-order chi connectivity index (χ1) is 27.5. The maximum absolute atomic E-state index is 12.8. The minimum absolute atomic E-state index is 0.0288. The second-order valence-corrected chi connectivity index (χ2v) is 19.3. The van der Waals surface area contributed by atoms with E-state index in [0.29, 0.717) is 28.0 Å². The molecule has 0 spiro atoms. The molecule has 0 aliphatic carbocycles. The van der Waals surface area contributed by atoms with Gasteiger partial charge in [-0.1, -0.05) is 43.6 Å². The summed E-state index contributed by atoms with van der Waals surface area (Å²) in [4.78, 5) is 47.4. The molecule has 1 aliphatic rings. The normalized spacial score (nSPS) is 14.3. The van der Waals surface area contributed by atoms with E-state index in [1.807, 2.05) is 30.3 Å². The van der Waals surface area contributed by atoms with E-state index in [2.05, 4.69) is 16.0 Å². The van der Waals surface area contributed by atoms with Crippen molar-refractivity contribution in [1.29, 1.82) is 0 Å². The lowest BCUT2D eigenvalue weighted by Gasteiger charge is -2.24. The van der Waals surface area contributed by atoms with Crippen molar-refractivity contribution < 1.29 is 55.7 Å². The highest BCUT2D eigenvalue weighted by Crippen LogP contribution is 2.27. The number of benzene rings is 4. The first kappa shape index (κ1) is 45.8. The van der Waals surface area contributed by atoms with Gasteiger partial charge in [0.1, 0.15) is 28.5 Å². The number of nitrogens with one attached hydrogen (secondary N) is 3. The number of carbonyl (C=O) groups excluding carboxylic acids is 2. The molecule has 5 N–H and O–H groups in total. The fraction of sp³-hybridized carbons (Fsp3) is 0.300. The molecule has 1 aliphatic heterocycles. The maximum atomic E-state index is 12.8. The van der Waals surface area contributed by atoms with E-state index in [-0.39, 0.29) is 35.1 Å². The number of halogens is 1. The van der Waals surface area contributed by atoms with Crippen molar-refractivity contribution >= 4 is 55.4 Å². The number of sulfone groups is 2. The summed E-state index contributed by atoms with van der Waals surface area (Å²) >= 11 is 5.84. The van der Waals surface area contributed by atoms with E-state index in [1.165, 1.54) is 50.2 Å². The van der Waals surface area contributed by atoms with Gasteiger partial charge in [0.2, 0.25) is 0 Å². The third-order valence-corrected chi connectivity index (χ3v) is 12.8. The number of ether oxygens (including phenoxy) is 2. The third kappa shape index (κ3) is 13.9. The van der Waals surface area contributed by atoms with Crippen LogP contribution in [-0.2, 0) is 24.5 Å². The number of rotatable bonds is 16. The minimum atomic E-state index is -3.78. The number of urea groups is 1. The molecule has 1 saturated heterocycles. The van der Waals surface area contributed by atoms with Crippen LogP contribution in [0.1, 0.15) is 34.1 Å². The quantitative estimate of drug-likeness (QED) is 0.0731. The average Bonchev–Trinajstić information content (AvgIpc) is 3.35. The fourth-order valence-electron chi connectivity index (χ4n) is 5.66. The molecule has 0 aromatic heterocycles. The van der Waals surface area contributed by atoms with Crippen molar-refractivity contribution in [3.8, 4) is 23.0 Å². The molecule has 5 rings (SSSR count). The Hall–Kier alpha value is -5.85. The van der Waals surface area contributed by atoms with Crippen molar-refractivity contribution in [1.82, 2.24) is 20.9 Å². The summed E-state index contributed by atoms with van der Waals surface area (Å²) in [6.07, 6.45) is -2.71. The number of para-hydroxylation sites is 1. The molecule has 0 saturated carbocycles. The van der Waals surface area contributed by atoms with Crippen LogP contribution in [0.4, 0.5) is 14.4 Å². The van der Waals surface area contributed by atoms with Crippen LogP contribution in [0.2, 0.25) is 5.02 Å². The standard InChI is InChI=1S/C22H24ClN3O7S.C18H21NO5S/c1-22(2)19(27)26(20(28)25-22)13-15(24-21(29)30)11-12-34(31,32)18-9-7-17(8-10-18)33-16-5-3-14(23)4-6-16;1-18(2,12-19-17(20)21)13-25(22,23)16-10-8-15(9-11-16)24-14-6-4-3-5-7-14/h3-10,15,24H,11-13H2,1-2H3,(H,25,28)(H,29,30);3-11,19H,12-13H2,1-2H3,(H,20,21)/t15-;/m1./s1. The molecule has 0 radical (unpaired) electrons. The van der Waals surface area contributed by atoms with E-state index in [4.69, 9.17) is 31.3 Å². The van der Waals surface area contributed by atoms with Gasteiger partial charge in [-0.05, 0) is 111 Å². The number of carboxylic acid groups (broad SMARTS) is 2. The Labute approximate surface area is 347 Å². The Morgan fingerprint density at radius 2 is 1.24 bits per heavy atom. The van der Waals surface area contributed by atoms with Gasteiger partial charge in [-0.3, -0.25) is 9.69 Å². The molecule has 5 amide bonds. The van der Waals surface area contributed by atoms with Crippen LogP contribution in [0.5, 0.6) is 23.0 Å². The zero-order chi connectivity index (χ0) is 43.6. The van der Waals surface area contributed by atoms with E-state index in [9.17, 15) is 36.0 Å². The Bertz CT molecular complexity index is 2320. The van der Waals surface area contributed by atoms with Crippen molar-refractivity contribution in [2.45, 2.75) is 55.5 Å². The second kappa shape index (κ2) is 19.3. The van der Waals surface area contributed by atoms with Crippen LogP contribution >= 0.6 is 11.6 Å². The summed E-state index contributed by atoms with van der Waals surface area (Å²) in [6, 6.07) is 26.2. The van der Waals surface area contributed by atoms with Crippen LogP contribution in [0.3, 0.4) is 0 Å². The van der Waals surface area contributed by atoms with E-state index < -0.39 is 66.5 Å². The lowest BCUT2D eigenvalue weighted by molar-refractivity contribution is -0.130. The highest BCUT2D eigenvalue weighted by Gasteiger charge is 2.45. The molecule has 19 heteroatoms. The first-order valence-corrected chi connectivity index (χ1v) is 21.7. The molecule has 0 bridgehead atoms. The largest absolute Gasteiger partial charge is 0.465 e. The van der Waals surface area contributed by atoms with E-state index in [1.54, 1.807) is 50.2 Å². The van der Waals surface area contributed by atoms with Gasteiger partial charge in [-0.25, -0.2) is 31.2 Å². The molecule has 1 heterocycles. The number of nitrogens with zero attached hydrogens (tertiary/aromatic N) is 1. The van der Waals surface area contributed by atoms with Gasteiger partial charge >= 0.3 is 18.2 Å². The fourth-order valence-corrected chi connectivity index (χ4v) is 9.02. The Morgan fingerprint density at radius 1 is 0.763 bits per heavy atom. The number of hydrogen-bond acceptors (Lipinski definition) is 10. The van der Waals surface area contributed by atoms with Crippen molar-refractivity contribution in [2.75, 3.05) is 24.6 Å². The molecule has 316 valence electrons. The number of amides is 5. The summed E-state index contributed by atoms with van der Waals surface area (Å²) in [7, 11) is -7.32. The van der Waals surface area contributed by atoms with Gasteiger partial charge in [0.25, 0.3) is 5.91 Å². The summed E-state index contributed by atoms with van der Waals surface area (Å²) < 4.78 is 62.0. The van der Waals surface area contributed by atoms with Crippen LogP contribution in [-0.4, -0.2) is 92.2 Å². The van der Waals surface area contributed by atoms with Gasteiger partial charge in [0, 0.05) is 11.6 Å². The van der Waals surface area contributed by atoms with Crippen molar-refractivity contribution in [3.05, 3.63) is 108 Å². The Kier molecular flexibility index (Phi) is 15.0. The van der Waals surface area contributed by atoms with Crippen LogP contribution < -0.4 is 25.4 Å². The Morgan fingerprint density at radius 3 is 1.69 bits per heavy atom.